The van der Waals surface area contributed by atoms with Crippen LogP contribution in [0.2, 0.25) is 0 Å². The number of esters is 1. The third-order valence-corrected chi connectivity index (χ3v) is 6.87. The highest BCUT2D eigenvalue weighted by Crippen LogP contribution is 2.23. The molecule has 1 amide bonds. The number of ketones is 1. The number of hydrogen-bond donors (Lipinski definition) is 1. The molecular weight excluding hydrogens is 547 g/mol. The molecule has 0 heterocycles. The molecule has 0 fully saturated rings. The Hall–Kier alpha value is -4.98. The van der Waals surface area contributed by atoms with Gasteiger partial charge in [-0.1, -0.05) is 61.5 Å². The third kappa shape index (κ3) is 8.52. The van der Waals surface area contributed by atoms with E-state index in [1.165, 1.54) is 19.2 Å². The number of carbonyl (C=O) groups is 3. The van der Waals surface area contributed by atoms with E-state index in [1.54, 1.807) is 77.7 Å². The van der Waals surface area contributed by atoms with Crippen molar-refractivity contribution in [1.82, 2.24) is 0 Å². The lowest BCUT2D eigenvalue weighted by atomic mass is 10.00. The van der Waals surface area contributed by atoms with Crippen LogP contribution in [0.3, 0.4) is 0 Å². The van der Waals surface area contributed by atoms with Crippen LogP contribution >= 0.6 is 0 Å². The van der Waals surface area contributed by atoms with Gasteiger partial charge in [-0.25, -0.2) is 9.18 Å². The van der Waals surface area contributed by atoms with Crippen LogP contribution in [0.15, 0.2) is 103 Å². The summed E-state index contributed by atoms with van der Waals surface area (Å²) in [5, 5.41) is 3.21. The molecule has 0 spiro atoms. The number of methoxy groups -OCH3 is 1. The second-order valence-electron chi connectivity index (χ2n) is 9.93. The first-order valence-electron chi connectivity index (χ1n) is 14.2. The first-order valence-corrected chi connectivity index (χ1v) is 14.2. The monoisotopic (exact) mass is 582 g/mol. The van der Waals surface area contributed by atoms with Gasteiger partial charge in [0.2, 0.25) is 5.91 Å². The minimum absolute atomic E-state index is 0.0542. The van der Waals surface area contributed by atoms with E-state index in [1.807, 2.05) is 25.1 Å². The number of anilines is 2. The van der Waals surface area contributed by atoms with Crippen LogP contribution in [0.1, 0.15) is 41.3 Å². The van der Waals surface area contributed by atoms with Crippen molar-refractivity contribution in [2.45, 2.75) is 32.2 Å². The largest absolute Gasteiger partial charge is 0.492 e. The van der Waals surface area contributed by atoms with Gasteiger partial charge in [0.1, 0.15) is 24.2 Å². The van der Waals surface area contributed by atoms with Crippen molar-refractivity contribution in [1.29, 1.82) is 0 Å². The number of amides is 1. The Morgan fingerprint density at radius 1 is 0.860 bits per heavy atom. The number of benzene rings is 4. The Morgan fingerprint density at radius 2 is 1.53 bits per heavy atom. The van der Waals surface area contributed by atoms with Crippen molar-refractivity contribution in [3.8, 4) is 5.75 Å². The molecule has 0 radical (unpaired) electrons. The fourth-order valence-electron chi connectivity index (χ4n) is 4.66. The van der Waals surface area contributed by atoms with Gasteiger partial charge in [0.25, 0.3) is 0 Å². The molecule has 4 aromatic carbocycles. The molecule has 1 atom stereocenters. The lowest BCUT2D eigenvalue weighted by Gasteiger charge is -2.23. The summed E-state index contributed by atoms with van der Waals surface area (Å²) < 4.78 is 24.4. The van der Waals surface area contributed by atoms with Gasteiger partial charge in [-0.3, -0.25) is 9.59 Å². The number of halogens is 1. The van der Waals surface area contributed by atoms with E-state index >= 15 is 0 Å². The number of hydrogen-bond acceptors (Lipinski definition) is 6. The highest BCUT2D eigenvalue weighted by molar-refractivity contribution is 6.12. The number of ether oxygens (including phenoxy) is 2. The summed E-state index contributed by atoms with van der Waals surface area (Å²) in [5.74, 6) is -0.422. The molecule has 0 aromatic heterocycles. The van der Waals surface area contributed by atoms with E-state index in [0.717, 1.165) is 5.56 Å². The Labute approximate surface area is 251 Å². The molecule has 1 N–H and O–H groups in total. The molecule has 0 unspecified atom stereocenters. The highest BCUT2D eigenvalue weighted by Gasteiger charge is 2.23. The second-order valence-corrected chi connectivity index (χ2v) is 9.93. The standard InChI is InChI=1S/C35H35FN2O5/c1-3-9-33(39)38(28-18-16-27(36)17-19-28)22-23-43-29-20-14-25(15-21-29)24-32(35(41)42-2)37-31-13-8-7-12-30(31)34(40)26-10-5-4-6-11-26/h4-8,10-21,32,37H,3,9,22-24H2,1-2H3/t32-/m0/s1. The molecule has 4 rings (SSSR count). The highest BCUT2D eigenvalue weighted by atomic mass is 19.1. The molecule has 7 nitrogen and oxygen atoms in total. The lowest BCUT2D eigenvalue weighted by Crippen LogP contribution is -2.34. The Balaban J connectivity index is 1.41. The van der Waals surface area contributed by atoms with Crippen LogP contribution in [0.5, 0.6) is 5.75 Å². The van der Waals surface area contributed by atoms with E-state index in [2.05, 4.69) is 5.32 Å². The van der Waals surface area contributed by atoms with E-state index in [9.17, 15) is 18.8 Å². The van der Waals surface area contributed by atoms with Gasteiger partial charge in [-0.15, -0.1) is 0 Å². The van der Waals surface area contributed by atoms with Crippen LogP contribution in [-0.2, 0) is 20.7 Å². The minimum atomic E-state index is -0.740. The van der Waals surface area contributed by atoms with Crippen molar-refractivity contribution in [2.75, 3.05) is 30.5 Å². The van der Waals surface area contributed by atoms with Crippen LogP contribution in [0.4, 0.5) is 15.8 Å². The molecule has 43 heavy (non-hydrogen) atoms. The quantitative estimate of drug-likeness (QED) is 0.136. The van der Waals surface area contributed by atoms with Crippen molar-refractivity contribution in [2.24, 2.45) is 0 Å². The molecule has 0 aliphatic heterocycles. The van der Waals surface area contributed by atoms with Crippen molar-refractivity contribution >= 4 is 29.0 Å². The topological polar surface area (TPSA) is 84.9 Å². The average molecular weight is 583 g/mol. The predicted molar refractivity (Wildman–Crippen MR) is 165 cm³/mol. The SMILES string of the molecule is CCCC(=O)N(CCOc1ccc(C[C@H](Nc2ccccc2C(=O)c2ccccc2)C(=O)OC)cc1)c1ccc(F)cc1. The molecule has 0 saturated carbocycles. The van der Waals surface area contributed by atoms with E-state index in [0.29, 0.717) is 54.1 Å². The minimum Gasteiger partial charge on any atom is -0.492 e. The second kappa shape index (κ2) is 15.3. The Bertz CT molecular complexity index is 1510. The third-order valence-electron chi connectivity index (χ3n) is 6.87. The molecule has 0 bridgehead atoms. The van der Waals surface area contributed by atoms with Crippen LogP contribution in [0, 0.1) is 5.82 Å². The van der Waals surface area contributed by atoms with E-state index in [4.69, 9.17) is 9.47 Å². The predicted octanol–water partition coefficient (Wildman–Crippen LogP) is 6.47. The molecule has 222 valence electrons. The number of rotatable bonds is 14. The molecule has 0 aliphatic rings. The van der Waals surface area contributed by atoms with Crippen molar-refractivity contribution in [3.63, 3.8) is 0 Å². The fourth-order valence-corrected chi connectivity index (χ4v) is 4.66. The molecule has 0 saturated heterocycles. The number of nitrogens with one attached hydrogen (secondary N) is 1. The Kier molecular flexibility index (Phi) is 11.0. The maximum atomic E-state index is 13.4. The average Bonchev–Trinajstić information content (AvgIpc) is 3.04. The molecule has 4 aromatic rings. The molecule has 8 heteroatoms. The maximum absolute atomic E-state index is 13.4. The summed E-state index contributed by atoms with van der Waals surface area (Å²) in [6.45, 7) is 2.48. The van der Waals surface area contributed by atoms with Gasteiger partial charge in [0.15, 0.2) is 5.78 Å². The number of para-hydroxylation sites is 1. The van der Waals surface area contributed by atoms with Crippen molar-refractivity contribution in [3.05, 3.63) is 126 Å². The van der Waals surface area contributed by atoms with Gasteiger partial charge >= 0.3 is 5.97 Å². The zero-order chi connectivity index (χ0) is 30.6. The maximum Gasteiger partial charge on any atom is 0.328 e. The smallest absolute Gasteiger partial charge is 0.328 e. The number of nitrogens with zero attached hydrogens (tertiary/aromatic N) is 1. The van der Waals surface area contributed by atoms with Crippen LogP contribution in [0.25, 0.3) is 0 Å². The summed E-state index contributed by atoms with van der Waals surface area (Å²) in [6.07, 6.45) is 1.40. The van der Waals surface area contributed by atoms with Gasteiger partial charge in [0, 0.05) is 35.3 Å². The Morgan fingerprint density at radius 3 is 2.21 bits per heavy atom. The summed E-state index contributed by atoms with van der Waals surface area (Å²) in [4.78, 5) is 40.2. The van der Waals surface area contributed by atoms with Gasteiger partial charge in [-0.05, 0) is 60.5 Å². The normalized spacial score (nSPS) is 11.3. The summed E-state index contributed by atoms with van der Waals surface area (Å²) in [6, 6.07) is 28.4. The van der Waals surface area contributed by atoms with Crippen LogP contribution < -0.4 is 15.0 Å². The zero-order valence-electron chi connectivity index (χ0n) is 24.3. The lowest BCUT2D eigenvalue weighted by molar-refractivity contribution is -0.141. The van der Waals surface area contributed by atoms with E-state index in [-0.39, 0.29) is 24.1 Å². The van der Waals surface area contributed by atoms with Gasteiger partial charge in [0.05, 0.1) is 13.7 Å². The molecule has 0 aliphatic carbocycles. The van der Waals surface area contributed by atoms with E-state index < -0.39 is 12.0 Å². The van der Waals surface area contributed by atoms with Crippen LogP contribution in [-0.4, -0.2) is 44.0 Å². The fraction of sp³-hybridized carbons (Fsp3) is 0.229. The molecular formula is C35H35FN2O5. The van der Waals surface area contributed by atoms with Gasteiger partial charge in [-0.2, -0.15) is 0 Å². The van der Waals surface area contributed by atoms with Gasteiger partial charge < -0.3 is 19.7 Å². The summed E-state index contributed by atoms with van der Waals surface area (Å²) in [5.41, 5.74) is 3.02. The van der Waals surface area contributed by atoms with Crippen molar-refractivity contribution < 1.29 is 28.2 Å². The first kappa shape index (κ1) is 31.0. The summed E-state index contributed by atoms with van der Waals surface area (Å²) in [7, 11) is 1.33. The summed E-state index contributed by atoms with van der Waals surface area (Å²) >= 11 is 0. The number of carbonyl (C=O) groups excluding carboxylic acids is 3. The zero-order valence-corrected chi connectivity index (χ0v) is 24.3. The first-order chi connectivity index (χ1) is 20.9.